The molecule has 0 unspecified atom stereocenters. The molecule has 0 bridgehead atoms. The van der Waals surface area contributed by atoms with Crippen LogP contribution in [0.1, 0.15) is 12.1 Å². The topological polar surface area (TPSA) is 70.4 Å². The standard InChI is InChI=1S/C23H25N5O2/c1-29-19-9-7-17(8-10-19)22-24-18(16-30-22)15-27-11-4-12-28(14-13-27)23-25-20-5-2-3-6-21(20)26-23/h2-3,5-10,16H,4,11-15H2,1H3,(H,25,26). The smallest absolute Gasteiger partial charge is 0.226 e. The number of para-hydroxylation sites is 2. The number of fused-ring (bicyclic) bond motifs is 1. The number of ether oxygens (including phenoxy) is 1. The Morgan fingerprint density at radius 1 is 1.00 bits per heavy atom. The lowest BCUT2D eigenvalue weighted by Gasteiger charge is -2.20. The molecular formula is C23H25N5O2. The molecule has 5 rings (SSSR count). The van der Waals surface area contributed by atoms with E-state index < -0.39 is 0 Å². The highest BCUT2D eigenvalue weighted by atomic mass is 16.5. The summed E-state index contributed by atoms with van der Waals surface area (Å²) < 4.78 is 10.9. The van der Waals surface area contributed by atoms with Crippen molar-refractivity contribution >= 4 is 17.0 Å². The second-order valence-electron chi connectivity index (χ2n) is 7.57. The lowest BCUT2D eigenvalue weighted by atomic mass is 10.2. The molecule has 0 spiro atoms. The monoisotopic (exact) mass is 403 g/mol. The number of hydrogen-bond acceptors (Lipinski definition) is 6. The number of anilines is 1. The van der Waals surface area contributed by atoms with Gasteiger partial charge in [0.15, 0.2) is 0 Å². The number of aromatic nitrogens is 3. The number of nitrogens with zero attached hydrogens (tertiary/aromatic N) is 4. The van der Waals surface area contributed by atoms with Gasteiger partial charge in [-0.05, 0) is 42.8 Å². The molecule has 2 aromatic carbocycles. The molecule has 4 aromatic rings. The highest BCUT2D eigenvalue weighted by Crippen LogP contribution is 2.23. The average Bonchev–Trinajstić information content (AvgIpc) is 3.36. The summed E-state index contributed by atoms with van der Waals surface area (Å²) in [7, 11) is 1.66. The number of imidazole rings is 1. The molecule has 1 N–H and O–H groups in total. The van der Waals surface area contributed by atoms with E-state index in [1.54, 1.807) is 13.4 Å². The predicted molar refractivity (Wildman–Crippen MR) is 117 cm³/mol. The number of oxazole rings is 1. The Kier molecular flexibility index (Phi) is 5.11. The number of aromatic amines is 1. The fraction of sp³-hybridized carbons (Fsp3) is 0.304. The van der Waals surface area contributed by atoms with Crippen LogP contribution in [0.5, 0.6) is 5.75 Å². The van der Waals surface area contributed by atoms with Gasteiger partial charge in [0.05, 0.1) is 23.8 Å². The van der Waals surface area contributed by atoms with Crippen LogP contribution in [-0.4, -0.2) is 53.1 Å². The van der Waals surface area contributed by atoms with Gasteiger partial charge in [-0.1, -0.05) is 12.1 Å². The fourth-order valence-electron chi connectivity index (χ4n) is 3.90. The summed E-state index contributed by atoms with van der Waals surface area (Å²) in [4.78, 5) is 17.7. The highest BCUT2D eigenvalue weighted by Gasteiger charge is 2.19. The van der Waals surface area contributed by atoms with Crippen LogP contribution in [0.15, 0.2) is 59.2 Å². The van der Waals surface area contributed by atoms with Crippen LogP contribution in [0.3, 0.4) is 0 Å². The maximum Gasteiger partial charge on any atom is 0.226 e. The van der Waals surface area contributed by atoms with Gasteiger partial charge in [0.25, 0.3) is 0 Å². The van der Waals surface area contributed by atoms with E-state index in [0.29, 0.717) is 5.89 Å². The van der Waals surface area contributed by atoms with Gasteiger partial charge in [-0.15, -0.1) is 0 Å². The van der Waals surface area contributed by atoms with E-state index in [1.165, 1.54) is 0 Å². The van der Waals surface area contributed by atoms with Crippen molar-refractivity contribution in [3.63, 3.8) is 0 Å². The first kappa shape index (κ1) is 18.7. The number of H-pyrrole nitrogens is 1. The third-order valence-corrected chi connectivity index (χ3v) is 5.54. The molecule has 1 fully saturated rings. The lowest BCUT2D eigenvalue weighted by Crippen LogP contribution is -2.31. The summed E-state index contributed by atoms with van der Waals surface area (Å²) in [6, 6.07) is 15.9. The van der Waals surface area contributed by atoms with Crippen LogP contribution in [0.4, 0.5) is 5.95 Å². The van der Waals surface area contributed by atoms with E-state index in [-0.39, 0.29) is 0 Å². The number of rotatable bonds is 5. The Balaban J connectivity index is 1.23. The van der Waals surface area contributed by atoms with Gasteiger partial charge in [-0.2, -0.15) is 0 Å². The van der Waals surface area contributed by atoms with E-state index in [1.807, 2.05) is 42.5 Å². The minimum atomic E-state index is 0.645. The van der Waals surface area contributed by atoms with Crippen molar-refractivity contribution in [3.8, 4) is 17.2 Å². The molecule has 0 saturated carbocycles. The minimum absolute atomic E-state index is 0.645. The highest BCUT2D eigenvalue weighted by molar-refractivity contribution is 5.77. The normalized spacial score (nSPS) is 15.4. The molecule has 1 saturated heterocycles. The summed E-state index contributed by atoms with van der Waals surface area (Å²) in [5.74, 6) is 2.43. The maximum atomic E-state index is 5.72. The van der Waals surface area contributed by atoms with E-state index in [0.717, 1.165) is 73.1 Å². The SMILES string of the molecule is COc1ccc(-c2nc(CN3CCCN(c4nc5ccccc5[nH]4)CC3)co2)cc1. The summed E-state index contributed by atoms with van der Waals surface area (Å²) in [6.07, 6.45) is 2.85. The zero-order valence-corrected chi connectivity index (χ0v) is 17.0. The van der Waals surface area contributed by atoms with Gasteiger partial charge in [-0.25, -0.2) is 9.97 Å². The van der Waals surface area contributed by atoms with Crippen LogP contribution in [0.2, 0.25) is 0 Å². The molecule has 7 heteroatoms. The van der Waals surface area contributed by atoms with E-state index >= 15 is 0 Å². The van der Waals surface area contributed by atoms with Crippen LogP contribution >= 0.6 is 0 Å². The predicted octanol–water partition coefficient (Wildman–Crippen LogP) is 3.94. The summed E-state index contributed by atoms with van der Waals surface area (Å²) in [5.41, 5.74) is 4.01. The number of benzene rings is 2. The van der Waals surface area contributed by atoms with Gasteiger partial charge >= 0.3 is 0 Å². The van der Waals surface area contributed by atoms with Crippen molar-refractivity contribution in [2.75, 3.05) is 38.2 Å². The first-order valence-electron chi connectivity index (χ1n) is 10.3. The van der Waals surface area contributed by atoms with Crippen molar-refractivity contribution in [2.24, 2.45) is 0 Å². The second kappa shape index (κ2) is 8.20. The summed E-state index contributed by atoms with van der Waals surface area (Å²) >= 11 is 0. The first-order valence-corrected chi connectivity index (χ1v) is 10.3. The molecule has 30 heavy (non-hydrogen) atoms. The average molecular weight is 403 g/mol. The summed E-state index contributed by atoms with van der Waals surface area (Å²) in [5, 5.41) is 0. The second-order valence-corrected chi connectivity index (χ2v) is 7.57. The Morgan fingerprint density at radius 3 is 2.70 bits per heavy atom. The summed E-state index contributed by atoms with van der Waals surface area (Å²) in [6.45, 7) is 4.70. The Hall–Kier alpha value is -3.32. The van der Waals surface area contributed by atoms with Gasteiger partial charge < -0.3 is 19.0 Å². The Labute approximate surface area is 175 Å². The largest absolute Gasteiger partial charge is 0.497 e. The molecule has 1 aliphatic heterocycles. The third-order valence-electron chi connectivity index (χ3n) is 5.54. The lowest BCUT2D eigenvalue weighted by molar-refractivity contribution is 0.282. The Morgan fingerprint density at radius 2 is 1.87 bits per heavy atom. The molecule has 0 radical (unpaired) electrons. The molecule has 0 amide bonds. The molecule has 0 aliphatic carbocycles. The van der Waals surface area contributed by atoms with Crippen LogP contribution < -0.4 is 9.64 Å². The zero-order valence-electron chi connectivity index (χ0n) is 17.0. The Bertz CT molecular complexity index is 1090. The molecule has 0 atom stereocenters. The van der Waals surface area contributed by atoms with Gasteiger partial charge in [0, 0.05) is 38.3 Å². The fourth-order valence-corrected chi connectivity index (χ4v) is 3.90. The van der Waals surface area contributed by atoms with Gasteiger partial charge in [-0.3, -0.25) is 4.90 Å². The molecular weight excluding hydrogens is 378 g/mol. The van der Waals surface area contributed by atoms with Crippen molar-refractivity contribution in [1.82, 2.24) is 19.9 Å². The molecule has 3 heterocycles. The van der Waals surface area contributed by atoms with Crippen molar-refractivity contribution < 1.29 is 9.15 Å². The van der Waals surface area contributed by atoms with E-state index in [9.17, 15) is 0 Å². The quantitative estimate of drug-likeness (QED) is 0.544. The molecule has 1 aliphatic rings. The van der Waals surface area contributed by atoms with Crippen molar-refractivity contribution in [2.45, 2.75) is 13.0 Å². The van der Waals surface area contributed by atoms with E-state index in [4.69, 9.17) is 14.1 Å². The number of methoxy groups -OCH3 is 1. The number of hydrogen-bond donors (Lipinski definition) is 1. The molecule has 154 valence electrons. The number of nitrogens with one attached hydrogen (secondary N) is 1. The van der Waals surface area contributed by atoms with Gasteiger partial charge in [0.2, 0.25) is 11.8 Å². The first-order chi connectivity index (χ1) is 14.8. The van der Waals surface area contributed by atoms with Gasteiger partial charge in [0.1, 0.15) is 12.0 Å². The molecule has 2 aromatic heterocycles. The minimum Gasteiger partial charge on any atom is -0.497 e. The van der Waals surface area contributed by atoms with Crippen LogP contribution in [0, 0.1) is 0 Å². The van der Waals surface area contributed by atoms with Crippen LogP contribution in [0.25, 0.3) is 22.5 Å². The van der Waals surface area contributed by atoms with Crippen molar-refractivity contribution in [1.29, 1.82) is 0 Å². The zero-order chi connectivity index (χ0) is 20.3. The molecule has 7 nitrogen and oxygen atoms in total. The van der Waals surface area contributed by atoms with E-state index in [2.05, 4.69) is 25.8 Å². The third kappa shape index (κ3) is 3.89. The maximum absolute atomic E-state index is 5.72. The van der Waals surface area contributed by atoms with Crippen LogP contribution in [-0.2, 0) is 6.54 Å². The van der Waals surface area contributed by atoms with Crippen molar-refractivity contribution in [3.05, 3.63) is 60.5 Å².